The number of aldehydes is 1. The number of carbonyl (C=O) groups excluding carboxylic acids is 1. The molecule has 3 heterocycles. The van der Waals surface area contributed by atoms with Crippen LogP contribution >= 0.6 is 0 Å². The minimum absolute atomic E-state index is 0.147. The van der Waals surface area contributed by atoms with Gasteiger partial charge in [0.05, 0.1) is 26.0 Å². The molecule has 1 fully saturated rings. The van der Waals surface area contributed by atoms with Crippen LogP contribution in [0.15, 0.2) is 24.7 Å². The van der Waals surface area contributed by atoms with E-state index in [0.29, 0.717) is 5.56 Å². The number of hydrogen-bond acceptors (Lipinski definition) is 5. The SMILES string of the molecule is CC1(Cn2cc(-c3cncc(C=O)c3)nn2)COC1. The molecule has 19 heavy (non-hydrogen) atoms. The van der Waals surface area contributed by atoms with Gasteiger partial charge in [0.15, 0.2) is 6.29 Å². The summed E-state index contributed by atoms with van der Waals surface area (Å²) in [5.41, 5.74) is 2.20. The molecular formula is C13H14N4O2. The Labute approximate surface area is 110 Å². The zero-order chi connectivity index (χ0) is 13.3. The molecule has 0 aromatic carbocycles. The molecule has 6 nitrogen and oxygen atoms in total. The fourth-order valence-corrected chi connectivity index (χ4v) is 2.10. The fraction of sp³-hybridized carbons (Fsp3) is 0.385. The number of nitrogens with zero attached hydrogens (tertiary/aromatic N) is 4. The second-order valence-corrected chi connectivity index (χ2v) is 5.23. The molecule has 1 saturated heterocycles. The summed E-state index contributed by atoms with van der Waals surface area (Å²) in [6, 6.07) is 1.75. The van der Waals surface area contributed by atoms with Gasteiger partial charge in [-0.3, -0.25) is 14.5 Å². The van der Waals surface area contributed by atoms with E-state index in [1.807, 2.05) is 10.9 Å². The van der Waals surface area contributed by atoms with E-state index in [1.54, 1.807) is 12.3 Å². The van der Waals surface area contributed by atoms with Gasteiger partial charge in [0, 0.05) is 28.9 Å². The van der Waals surface area contributed by atoms with Gasteiger partial charge in [-0.1, -0.05) is 12.1 Å². The van der Waals surface area contributed by atoms with Crippen LogP contribution < -0.4 is 0 Å². The second kappa shape index (κ2) is 4.55. The molecule has 0 bridgehead atoms. The van der Waals surface area contributed by atoms with Crippen molar-refractivity contribution >= 4 is 6.29 Å². The quantitative estimate of drug-likeness (QED) is 0.770. The van der Waals surface area contributed by atoms with Crippen LogP contribution in [-0.4, -0.2) is 39.5 Å². The van der Waals surface area contributed by atoms with E-state index in [2.05, 4.69) is 22.2 Å². The normalized spacial score (nSPS) is 16.9. The highest BCUT2D eigenvalue weighted by atomic mass is 16.5. The molecule has 98 valence electrons. The lowest BCUT2D eigenvalue weighted by Crippen LogP contribution is -2.43. The average molecular weight is 258 g/mol. The Balaban J connectivity index is 1.82. The molecule has 2 aromatic heterocycles. The molecule has 0 radical (unpaired) electrons. The summed E-state index contributed by atoms with van der Waals surface area (Å²) >= 11 is 0. The van der Waals surface area contributed by atoms with E-state index in [4.69, 9.17) is 4.74 Å². The van der Waals surface area contributed by atoms with E-state index in [0.717, 1.165) is 37.3 Å². The molecule has 1 aliphatic heterocycles. The first kappa shape index (κ1) is 12.0. The largest absolute Gasteiger partial charge is 0.380 e. The van der Waals surface area contributed by atoms with Gasteiger partial charge in [-0.25, -0.2) is 0 Å². The van der Waals surface area contributed by atoms with Crippen molar-refractivity contribution in [1.29, 1.82) is 0 Å². The molecule has 6 heteroatoms. The fourth-order valence-electron chi connectivity index (χ4n) is 2.10. The zero-order valence-corrected chi connectivity index (χ0v) is 10.6. The van der Waals surface area contributed by atoms with Crippen LogP contribution in [0.5, 0.6) is 0 Å². The van der Waals surface area contributed by atoms with Crippen LogP contribution in [0.25, 0.3) is 11.3 Å². The van der Waals surface area contributed by atoms with Crippen LogP contribution in [0, 0.1) is 5.41 Å². The van der Waals surface area contributed by atoms with Gasteiger partial charge in [-0.2, -0.15) is 0 Å². The van der Waals surface area contributed by atoms with Crippen molar-refractivity contribution in [3.63, 3.8) is 0 Å². The Kier molecular flexibility index (Phi) is 2.87. The van der Waals surface area contributed by atoms with Crippen molar-refractivity contribution in [2.75, 3.05) is 13.2 Å². The summed E-state index contributed by atoms with van der Waals surface area (Å²) in [6.07, 6.45) is 5.84. The minimum Gasteiger partial charge on any atom is -0.380 e. The maximum Gasteiger partial charge on any atom is 0.151 e. The van der Waals surface area contributed by atoms with Gasteiger partial charge < -0.3 is 4.74 Å². The van der Waals surface area contributed by atoms with Crippen LogP contribution in [0.4, 0.5) is 0 Å². The Bertz CT molecular complexity index is 604. The molecule has 0 saturated carbocycles. The third-order valence-corrected chi connectivity index (χ3v) is 3.17. The highest BCUT2D eigenvalue weighted by Gasteiger charge is 2.34. The maximum absolute atomic E-state index is 10.7. The summed E-state index contributed by atoms with van der Waals surface area (Å²) in [5, 5.41) is 8.23. The standard InChI is InChI=1S/C13H14N4O2/c1-13(8-19-9-13)7-17-5-12(15-16-17)11-2-10(6-18)3-14-4-11/h2-6H,7-9H2,1H3. The third kappa shape index (κ3) is 2.39. The van der Waals surface area contributed by atoms with Crippen molar-refractivity contribution in [1.82, 2.24) is 20.0 Å². The van der Waals surface area contributed by atoms with Crippen molar-refractivity contribution in [3.8, 4) is 11.3 Å². The molecule has 2 aromatic rings. The van der Waals surface area contributed by atoms with Gasteiger partial charge in [0.1, 0.15) is 5.69 Å². The molecule has 0 unspecified atom stereocenters. The number of pyridine rings is 1. The molecular weight excluding hydrogens is 244 g/mol. The van der Waals surface area contributed by atoms with Crippen molar-refractivity contribution < 1.29 is 9.53 Å². The van der Waals surface area contributed by atoms with Gasteiger partial charge in [-0.15, -0.1) is 5.10 Å². The van der Waals surface area contributed by atoms with Gasteiger partial charge in [0.2, 0.25) is 0 Å². The van der Waals surface area contributed by atoms with Gasteiger partial charge in [0.25, 0.3) is 0 Å². The lowest BCUT2D eigenvalue weighted by Gasteiger charge is -2.37. The summed E-state index contributed by atoms with van der Waals surface area (Å²) in [4.78, 5) is 14.7. The number of carbonyl (C=O) groups is 1. The Hall–Kier alpha value is -2.08. The second-order valence-electron chi connectivity index (χ2n) is 5.23. The first-order valence-corrected chi connectivity index (χ1v) is 6.07. The summed E-state index contributed by atoms with van der Waals surface area (Å²) in [5.74, 6) is 0. The van der Waals surface area contributed by atoms with Gasteiger partial charge in [-0.05, 0) is 6.07 Å². The molecule has 0 aliphatic carbocycles. The lowest BCUT2D eigenvalue weighted by atomic mass is 9.89. The summed E-state index contributed by atoms with van der Waals surface area (Å²) < 4.78 is 7.03. The van der Waals surface area contributed by atoms with E-state index >= 15 is 0 Å². The number of aromatic nitrogens is 4. The summed E-state index contributed by atoms with van der Waals surface area (Å²) in [7, 11) is 0. The summed E-state index contributed by atoms with van der Waals surface area (Å²) in [6.45, 7) is 4.45. The zero-order valence-electron chi connectivity index (χ0n) is 10.6. The molecule has 0 amide bonds. The minimum atomic E-state index is 0.147. The predicted molar refractivity (Wildman–Crippen MR) is 67.6 cm³/mol. The smallest absolute Gasteiger partial charge is 0.151 e. The third-order valence-electron chi connectivity index (χ3n) is 3.17. The first-order chi connectivity index (χ1) is 9.18. The Morgan fingerprint density at radius 2 is 2.32 bits per heavy atom. The van der Waals surface area contributed by atoms with E-state index in [1.165, 1.54) is 6.20 Å². The highest BCUT2D eigenvalue weighted by molar-refractivity contribution is 5.77. The molecule has 3 rings (SSSR count). The van der Waals surface area contributed by atoms with E-state index < -0.39 is 0 Å². The van der Waals surface area contributed by atoms with Gasteiger partial charge >= 0.3 is 0 Å². The highest BCUT2D eigenvalue weighted by Crippen LogP contribution is 2.28. The topological polar surface area (TPSA) is 69.9 Å². The first-order valence-electron chi connectivity index (χ1n) is 6.07. The lowest BCUT2D eigenvalue weighted by molar-refractivity contribution is -0.111. The molecule has 1 aliphatic rings. The Morgan fingerprint density at radius 1 is 1.47 bits per heavy atom. The number of rotatable bonds is 4. The van der Waals surface area contributed by atoms with E-state index in [9.17, 15) is 4.79 Å². The number of ether oxygens (including phenoxy) is 1. The molecule has 0 atom stereocenters. The van der Waals surface area contributed by atoms with Crippen molar-refractivity contribution in [2.45, 2.75) is 13.5 Å². The van der Waals surface area contributed by atoms with Crippen molar-refractivity contribution in [2.24, 2.45) is 5.41 Å². The Morgan fingerprint density at radius 3 is 3.00 bits per heavy atom. The monoisotopic (exact) mass is 258 g/mol. The predicted octanol–water partition coefficient (Wildman–Crippen LogP) is 1.19. The maximum atomic E-state index is 10.7. The van der Waals surface area contributed by atoms with Crippen LogP contribution in [0.2, 0.25) is 0 Å². The molecule has 0 spiro atoms. The number of hydrogen-bond donors (Lipinski definition) is 0. The van der Waals surface area contributed by atoms with Crippen LogP contribution in [-0.2, 0) is 11.3 Å². The van der Waals surface area contributed by atoms with E-state index in [-0.39, 0.29) is 5.41 Å². The van der Waals surface area contributed by atoms with Crippen LogP contribution in [0.3, 0.4) is 0 Å². The average Bonchev–Trinajstić information content (AvgIpc) is 2.85. The molecule has 0 N–H and O–H groups in total. The van der Waals surface area contributed by atoms with Crippen molar-refractivity contribution in [3.05, 3.63) is 30.2 Å². The van der Waals surface area contributed by atoms with Crippen LogP contribution in [0.1, 0.15) is 17.3 Å².